The molecular formula is C22H19F4N7O. The van der Waals surface area contributed by atoms with E-state index in [-0.39, 0.29) is 35.1 Å². The van der Waals surface area contributed by atoms with Gasteiger partial charge in [0, 0.05) is 30.4 Å². The van der Waals surface area contributed by atoms with Crippen molar-refractivity contribution in [2.24, 2.45) is 13.0 Å². The largest absolute Gasteiger partial charge is 0.435 e. The third-order valence-electron chi connectivity index (χ3n) is 5.85. The van der Waals surface area contributed by atoms with Crippen LogP contribution in [0.2, 0.25) is 0 Å². The van der Waals surface area contributed by atoms with Gasteiger partial charge in [-0.2, -0.15) is 23.4 Å². The van der Waals surface area contributed by atoms with Crippen molar-refractivity contribution in [2.45, 2.75) is 25.6 Å². The molecule has 5 rings (SSSR count). The number of amides is 1. The highest BCUT2D eigenvalue weighted by atomic mass is 19.4. The predicted molar refractivity (Wildman–Crippen MR) is 115 cm³/mol. The molecule has 0 radical (unpaired) electrons. The zero-order chi connectivity index (χ0) is 24.2. The fourth-order valence-electron chi connectivity index (χ4n) is 3.95. The van der Waals surface area contributed by atoms with Crippen LogP contribution in [-0.4, -0.2) is 42.3 Å². The molecule has 0 spiro atoms. The topological polar surface area (TPSA) is 103 Å². The summed E-state index contributed by atoms with van der Waals surface area (Å²) in [6.07, 6.45) is -1.20. The molecule has 1 fully saturated rings. The number of fused-ring (bicyclic) bond motifs is 3. The monoisotopic (exact) mass is 473 g/mol. The maximum Gasteiger partial charge on any atom is 0.435 e. The normalized spacial score (nSPS) is 14.1. The first-order chi connectivity index (χ1) is 16.1. The number of carbonyl (C=O) groups is 1. The number of aryl methyl sites for hydroxylation is 1. The zero-order valence-corrected chi connectivity index (χ0v) is 18.0. The van der Waals surface area contributed by atoms with Gasteiger partial charge in [-0.3, -0.25) is 9.48 Å². The van der Waals surface area contributed by atoms with Gasteiger partial charge in [-0.25, -0.2) is 9.37 Å². The van der Waals surface area contributed by atoms with Gasteiger partial charge in [0.25, 0.3) is 5.91 Å². The highest BCUT2D eigenvalue weighted by Crippen LogP contribution is 2.33. The summed E-state index contributed by atoms with van der Waals surface area (Å²) in [5, 5.41) is 12.2. The first-order valence-electron chi connectivity index (χ1n) is 10.5. The van der Waals surface area contributed by atoms with Crippen molar-refractivity contribution in [3.05, 3.63) is 53.2 Å². The molecule has 0 saturated heterocycles. The van der Waals surface area contributed by atoms with Gasteiger partial charge in [-0.05, 0) is 37.0 Å². The van der Waals surface area contributed by atoms with Gasteiger partial charge in [-0.1, -0.05) is 0 Å². The number of halogens is 4. The summed E-state index contributed by atoms with van der Waals surface area (Å²) in [6.45, 7) is 0.238. The van der Waals surface area contributed by atoms with Crippen molar-refractivity contribution in [1.29, 1.82) is 0 Å². The van der Waals surface area contributed by atoms with Crippen LogP contribution in [0, 0.1) is 11.7 Å². The molecule has 1 saturated carbocycles. The van der Waals surface area contributed by atoms with E-state index in [1.807, 2.05) is 0 Å². The summed E-state index contributed by atoms with van der Waals surface area (Å²) in [7, 11) is 1.70. The Morgan fingerprint density at radius 3 is 2.62 bits per heavy atom. The lowest BCUT2D eigenvalue weighted by atomic mass is 10.1. The van der Waals surface area contributed by atoms with Crippen LogP contribution in [-0.2, 0) is 19.8 Å². The second kappa shape index (κ2) is 7.89. The first kappa shape index (κ1) is 22.0. The lowest BCUT2D eigenvalue weighted by Gasteiger charge is -2.23. The van der Waals surface area contributed by atoms with Gasteiger partial charge in [-0.15, -0.1) is 5.10 Å². The molecule has 0 bridgehead atoms. The maximum absolute atomic E-state index is 15.0. The van der Waals surface area contributed by atoms with E-state index in [4.69, 9.17) is 5.73 Å². The fraction of sp³-hybridized carbons (Fsp3) is 0.318. The molecule has 1 aromatic carbocycles. The van der Waals surface area contributed by atoms with Crippen molar-refractivity contribution >= 4 is 33.5 Å². The maximum atomic E-state index is 15.0. The van der Waals surface area contributed by atoms with Crippen LogP contribution in [0.25, 0.3) is 21.8 Å². The SMILES string of the molecule is Cn1ncc2c3cc(C(=O)N(Cc4ccc(C(F)(F)F)nn4)CC4CC4)c(F)cc3nc(N)c21. The smallest absolute Gasteiger partial charge is 0.382 e. The molecular weight excluding hydrogens is 454 g/mol. The van der Waals surface area contributed by atoms with E-state index >= 15 is 4.39 Å². The Labute approximate surface area is 190 Å². The number of anilines is 1. The van der Waals surface area contributed by atoms with Crippen molar-refractivity contribution in [3.8, 4) is 0 Å². The summed E-state index contributed by atoms with van der Waals surface area (Å²) >= 11 is 0. The average molecular weight is 473 g/mol. The molecule has 0 atom stereocenters. The van der Waals surface area contributed by atoms with E-state index in [1.165, 1.54) is 17.0 Å². The fourth-order valence-corrected chi connectivity index (χ4v) is 3.95. The van der Waals surface area contributed by atoms with Crippen molar-refractivity contribution in [2.75, 3.05) is 12.3 Å². The molecule has 2 N–H and O–H groups in total. The summed E-state index contributed by atoms with van der Waals surface area (Å²) < 4.78 is 55.0. The number of benzene rings is 1. The Balaban J connectivity index is 1.52. The molecule has 176 valence electrons. The van der Waals surface area contributed by atoms with E-state index in [0.29, 0.717) is 22.8 Å². The Hall–Kier alpha value is -3.83. The molecule has 0 aliphatic heterocycles. The highest BCUT2D eigenvalue weighted by molar-refractivity contribution is 6.10. The molecule has 1 amide bonds. The standard InChI is InChI=1S/C22H19F4N7O/c1-32-19-15(8-28-32)13-6-14(16(23)7-17(13)29-20(19)27)21(34)33(9-11-2-3-11)10-12-4-5-18(31-30-12)22(24,25)26/h4-8,11H,2-3,9-10H2,1H3,(H2,27,29). The average Bonchev–Trinajstić information content (AvgIpc) is 3.51. The minimum absolute atomic E-state index is 0.0970. The Morgan fingerprint density at radius 2 is 1.97 bits per heavy atom. The van der Waals surface area contributed by atoms with Gasteiger partial charge in [0.05, 0.1) is 29.5 Å². The van der Waals surface area contributed by atoms with Crippen LogP contribution < -0.4 is 5.73 Å². The Morgan fingerprint density at radius 1 is 1.21 bits per heavy atom. The molecule has 3 aromatic heterocycles. The van der Waals surface area contributed by atoms with Crippen LogP contribution in [0.4, 0.5) is 23.4 Å². The summed E-state index contributed by atoms with van der Waals surface area (Å²) in [5.74, 6) is -0.924. The number of aromatic nitrogens is 5. The highest BCUT2D eigenvalue weighted by Gasteiger charge is 2.33. The van der Waals surface area contributed by atoms with Crippen molar-refractivity contribution < 1.29 is 22.4 Å². The second-order valence-corrected chi connectivity index (χ2v) is 8.41. The zero-order valence-electron chi connectivity index (χ0n) is 18.0. The van der Waals surface area contributed by atoms with E-state index in [2.05, 4.69) is 20.3 Å². The lowest BCUT2D eigenvalue weighted by molar-refractivity contribution is -0.141. The van der Waals surface area contributed by atoms with Gasteiger partial charge in [0.2, 0.25) is 0 Å². The number of nitrogen functional groups attached to an aromatic ring is 1. The minimum atomic E-state index is -4.61. The molecule has 1 aliphatic rings. The number of hydrogen-bond acceptors (Lipinski definition) is 6. The molecule has 0 unspecified atom stereocenters. The number of pyridine rings is 1. The van der Waals surface area contributed by atoms with E-state index in [0.717, 1.165) is 25.0 Å². The first-order valence-corrected chi connectivity index (χ1v) is 10.5. The number of hydrogen-bond donors (Lipinski definition) is 1. The van der Waals surface area contributed by atoms with Crippen molar-refractivity contribution in [3.63, 3.8) is 0 Å². The number of carbonyl (C=O) groups excluding carboxylic acids is 1. The Kier molecular flexibility index (Phi) is 5.10. The van der Waals surface area contributed by atoms with Gasteiger partial charge < -0.3 is 10.6 Å². The predicted octanol–water partition coefficient (Wildman–Crippen LogP) is 3.70. The summed E-state index contributed by atoms with van der Waals surface area (Å²) in [4.78, 5) is 19.0. The summed E-state index contributed by atoms with van der Waals surface area (Å²) in [5.41, 5.74) is 5.72. The molecule has 12 heteroatoms. The van der Waals surface area contributed by atoms with Crippen LogP contribution >= 0.6 is 0 Å². The Bertz CT molecular complexity index is 1410. The van der Waals surface area contributed by atoms with E-state index in [9.17, 15) is 18.0 Å². The number of alkyl halides is 3. The van der Waals surface area contributed by atoms with Crippen molar-refractivity contribution in [1.82, 2.24) is 29.9 Å². The quantitative estimate of drug-likeness (QED) is 0.444. The number of nitrogens with zero attached hydrogens (tertiary/aromatic N) is 6. The number of nitrogens with two attached hydrogens (primary N) is 1. The van der Waals surface area contributed by atoms with E-state index in [1.54, 1.807) is 17.9 Å². The third kappa shape index (κ3) is 3.99. The van der Waals surface area contributed by atoms with Gasteiger partial charge in [0.1, 0.15) is 17.2 Å². The van der Waals surface area contributed by atoms with Gasteiger partial charge >= 0.3 is 6.18 Å². The minimum Gasteiger partial charge on any atom is -0.382 e. The molecule has 3 heterocycles. The van der Waals surface area contributed by atoms with Crippen LogP contribution in [0.3, 0.4) is 0 Å². The number of rotatable bonds is 5. The molecule has 4 aromatic rings. The van der Waals surface area contributed by atoms with Crippen LogP contribution in [0.1, 0.15) is 34.6 Å². The second-order valence-electron chi connectivity index (χ2n) is 8.41. The molecule has 1 aliphatic carbocycles. The van der Waals surface area contributed by atoms with E-state index < -0.39 is 23.6 Å². The van der Waals surface area contributed by atoms with Crippen LogP contribution in [0.15, 0.2) is 30.5 Å². The third-order valence-corrected chi connectivity index (χ3v) is 5.85. The summed E-state index contributed by atoms with van der Waals surface area (Å²) in [6, 6.07) is 4.56. The molecule has 8 nitrogen and oxygen atoms in total. The van der Waals surface area contributed by atoms with Gasteiger partial charge in [0.15, 0.2) is 5.69 Å². The lowest BCUT2D eigenvalue weighted by Crippen LogP contribution is -2.33. The van der Waals surface area contributed by atoms with Crippen LogP contribution in [0.5, 0.6) is 0 Å². The molecule has 34 heavy (non-hydrogen) atoms.